The van der Waals surface area contributed by atoms with Crippen molar-refractivity contribution in [3.63, 3.8) is 0 Å². The minimum absolute atomic E-state index is 0.0383. The second kappa shape index (κ2) is 6.63. The zero-order valence-electron chi connectivity index (χ0n) is 10.2. The Morgan fingerprint density at radius 1 is 1.31 bits per heavy atom. The van der Waals surface area contributed by atoms with Crippen LogP contribution in [0.25, 0.3) is 0 Å². The number of nitrogens with one attached hydrogen (secondary N) is 1. The lowest BCUT2D eigenvalue weighted by Gasteiger charge is -2.10. The van der Waals surface area contributed by atoms with Crippen molar-refractivity contribution in [2.45, 2.75) is 26.3 Å². The molecule has 0 radical (unpaired) electrons. The molecule has 0 spiro atoms. The van der Waals surface area contributed by atoms with Gasteiger partial charge in [-0.3, -0.25) is 0 Å². The number of hydrogen-bond acceptors (Lipinski definition) is 3. The lowest BCUT2D eigenvalue weighted by atomic mass is 10.0. The lowest BCUT2D eigenvalue weighted by molar-refractivity contribution is 0.262. The standard InChI is InChI=1S/C13H22N2O/c1-10-3-4-12(7-11(10)2)5-6-15-8-13(14)9-16/h3-4,7,13,15-16H,5-6,8-9,14H2,1-2H3. The van der Waals surface area contributed by atoms with Crippen LogP contribution in [0.15, 0.2) is 18.2 Å². The normalized spacial score (nSPS) is 12.8. The number of hydrogen-bond donors (Lipinski definition) is 3. The molecular formula is C13H22N2O. The third kappa shape index (κ3) is 4.31. The molecule has 4 N–H and O–H groups in total. The Morgan fingerprint density at radius 2 is 2.06 bits per heavy atom. The van der Waals surface area contributed by atoms with Gasteiger partial charge in [0.15, 0.2) is 0 Å². The number of aliphatic hydroxyl groups is 1. The van der Waals surface area contributed by atoms with Gasteiger partial charge in [0.2, 0.25) is 0 Å². The monoisotopic (exact) mass is 222 g/mol. The van der Waals surface area contributed by atoms with Gasteiger partial charge in [0.1, 0.15) is 0 Å². The Hall–Kier alpha value is -0.900. The third-order valence-corrected chi connectivity index (χ3v) is 2.80. The first kappa shape index (κ1) is 13.2. The van der Waals surface area contributed by atoms with Gasteiger partial charge in [0.05, 0.1) is 6.61 Å². The summed E-state index contributed by atoms with van der Waals surface area (Å²) in [5.41, 5.74) is 9.59. The molecule has 0 aromatic heterocycles. The highest BCUT2D eigenvalue weighted by molar-refractivity contribution is 5.29. The van der Waals surface area contributed by atoms with Gasteiger partial charge >= 0.3 is 0 Å². The molecule has 0 saturated heterocycles. The van der Waals surface area contributed by atoms with Crippen LogP contribution >= 0.6 is 0 Å². The highest BCUT2D eigenvalue weighted by Crippen LogP contribution is 2.09. The van der Waals surface area contributed by atoms with Crippen LogP contribution in [0.3, 0.4) is 0 Å². The van der Waals surface area contributed by atoms with Crippen LogP contribution in [0.4, 0.5) is 0 Å². The maximum absolute atomic E-state index is 8.75. The van der Waals surface area contributed by atoms with Crippen molar-refractivity contribution < 1.29 is 5.11 Å². The summed E-state index contributed by atoms with van der Waals surface area (Å²) in [6, 6.07) is 6.39. The van der Waals surface area contributed by atoms with Crippen LogP contribution in [0, 0.1) is 13.8 Å². The van der Waals surface area contributed by atoms with Crippen LogP contribution in [0.5, 0.6) is 0 Å². The quantitative estimate of drug-likeness (QED) is 0.623. The number of nitrogens with two attached hydrogens (primary N) is 1. The van der Waals surface area contributed by atoms with E-state index in [2.05, 4.69) is 37.4 Å². The molecule has 1 rings (SSSR count). The Bertz CT molecular complexity index is 326. The second-order valence-electron chi connectivity index (χ2n) is 4.32. The zero-order chi connectivity index (χ0) is 12.0. The Morgan fingerprint density at radius 3 is 2.69 bits per heavy atom. The first-order chi connectivity index (χ1) is 7.63. The van der Waals surface area contributed by atoms with E-state index >= 15 is 0 Å². The summed E-state index contributed by atoms with van der Waals surface area (Å²) in [6.45, 7) is 5.86. The molecule has 1 unspecified atom stereocenters. The maximum Gasteiger partial charge on any atom is 0.0594 e. The lowest BCUT2D eigenvalue weighted by Crippen LogP contribution is -2.37. The predicted octanol–water partition coefficient (Wildman–Crippen LogP) is 0.755. The van der Waals surface area contributed by atoms with Gasteiger partial charge in [-0.15, -0.1) is 0 Å². The van der Waals surface area contributed by atoms with E-state index in [0.29, 0.717) is 6.54 Å². The first-order valence-corrected chi connectivity index (χ1v) is 5.76. The van der Waals surface area contributed by atoms with E-state index in [1.165, 1.54) is 16.7 Å². The molecule has 1 aromatic rings. The highest BCUT2D eigenvalue weighted by Gasteiger charge is 1.99. The highest BCUT2D eigenvalue weighted by atomic mass is 16.3. The summed E-state index contributed by atoms with van der Waals surface area (Å²) in [5, 5.41) is 12.0. The summed E-state index contributed by atoms with van der Waals surface area (Å²) < 4.78 is 0. The average molecular weight is 222 g/mol. The second-order valence-corrected chi connectivity index (χ2v) is 4.32. The largest absolute Gasteiger partial charge is 0.395 e. The molecule has 0 fully saturated rings. The number of aliphatic hydroxyl groups excluding tert-OH is 1. The summed E-state index contributed by atoms with van der Waals surface area (Å²) in [7, 11) is 0. The van der Waals surface area contributed by atoms with E-state index in [1.807, 2.05) is 0 Å². The van der Waals surface area contributed by atoms with E-state index in [9.17, 15) is 0 Å². The van der Waals surface area contributed by atoms with Crippen molar-refractivity contribution in [1.29, 1.82) is 0 Å². The molecule has 0 aliphatic rings. The fourth-order valence-corrected chi connectivity index (χ4v) is 1.54. The van der Waals surface area contributed by atoms with Crippen LogP contribution < -0.4 is 11.1 Å². The zero-order valence-corrected chi connectivity index (χ0v) is 10.2. The molecule has 0 aliphatic heterocycles. The fraction of sp³-hybridized carbons (Fsp3) is 0.538. The third-order valence-electron chi connectivity index (χ3n) is 2.80. The van der Waals surface area contributed by atoms with Crippen molar-refractivity contribution in [3.8, 4) is 0 Å². The summed E-state index contributed by atoms with van der Waals surface area (Å²) >= 11 is 0. The van der Waals surface area contributed by atoms with Crippen LogP contribution in [0.1, 0.15) is 16.7 Å². The Labute approximate surface area is 97.7 Å². The number of benzene rings is 1. The molecule has 1 atom stereocenters. The molecule has 0 aliphatic carbocycles. The van der Waals surface area contributed by atoms with E-state index in [4.69, 9.17) is 10.8 Å². The fourth-order valence-electron chi connectivity index (χ4n) is 1.54. The summed E-state index contributed by atoms with van der Waals surface area (Å²) in [6.07, 6.45) is 0.999. The Balaban J connectivity index is 2.29. The van der Waals surface area contributed by atoms with Gasteiger partial charge < -0.3 is 16.2 Å². The van der Waals surface area contributed by atoms with Gasteiger partial charge in [0, 0.05) is 12.6 Å². The SMILES string of the molecule is Cc1ccc(CCNCC(N)CO)cc1C. The van der Waals surface area contributed by atoms with E-state index in [-0.39, 0.29) is 12.6 Å². The molecule has 16 heavy (non-hydrogen) atoms. The molecular weight excluding hydrogens is 200 g/mol. The number of aryl methyl sites for hydroxylation is 2. The Kier molecular flexibility index (Phi) is 5.46. The maximum atomic E-state index is 8.75. The number of rotatable bonds is 6. The molecule has 1 aromatic carbocycles. The molecule has 0 bridgehead atoms. The molecule has 3 nitrogen and oxygen atoms in total. The summed E-state index contributed by atoms with van der Waals surface area (Å²) in [5.74, 6) is 0. The molecule has 0 amide bonds. The predicted molar refractivity (Wildman–Crippen MR) is 67.6 cm³/mol. The van der Waals surface area contributed by atoms with Gasteiger partial charge in [-0.2, -0.15) is 0 Å². The van der Waals surface area contributed by atoms with Gasteiger partial charge in [-0.05, 0) is 43.5 Å². The topological polar surface area (TPSA) is 58.3 Å². The van der Waals surface area contributed by atoms with Crippen LogP contribution in [-0.2, 0) is 6.42 Å². The van der Waals surface area contributed by atoms with Crippen LogP contribution in [-0.4, -0.2) is 30.8 Å². The van der Waals surface area contributed by atoms with Gasteiger partial charge in [-0.25, -0.2) is 0 Å². The summed E-state index contributed by atoms with van der Waals surface area (Å²) in [4.78, 5) is 0. The minimum atomic E-state index is -0.153. The van der Waals surface area contributed by atoms with E-state index < -0.39 is 0 Å². The molecule has 0 saturated carbocycles. The minimum Gasteiger partial charge on any atom is -0.395 e. The van der Waals surface area contributed by atoms with Crippen molar-refractivity contribution in [1.82, 2.24) is 5.32 Å². The van der Waals surface area contributed by atoms with Gasteiger partial charge in [-0.1, -0.05) is 18.2 Å². The van der Waals surface area contributed by atoms with Crippen molar-refractivity contribution in [2.75, 3.05) is 19.7 Å². The molecule has 90 valence electrons. The van der Waals surface area contributed by atoms with Crippen molar-refractivity contribution in [2.24, 2.45) is 5.73 Å². The smallest absolute Gasteiger partial charge is 0.0594 e. The van der Waals surface area contributed by atoms with Crippen LogP contribution in [0.2, 0.25) is 0 Å². The van der Waals surface area contributed by atoms with Crippen molar-refractivity contribution >= 4 is 0 Å². The molecule has 0 heterocycles. The van der Waals surface area contributed by atoms with E-state index in [0.717, 1.165) is 13.0 Å². The first-order valence-electron chi connectivity index (χ1n) is 5.76. The van der Waals surface area contributed by atoms with Gasteiger partial charge in [0.25, 0.3) is 0 Å². The average Bonchev–Trinajstić information content (AvgIpc) is 2.28. The van der Waals surface area contributed by atoms with E-state index in [1.54, 1.807) is 0 Å². The molecule has 3 heteroatoms. The van der Waals surface area contributed by atoms with Crippen molar-refractivity contribution in [3.05, 3.63) is 34.9 Å².